The number of benzene rings is 1. The molecule has 158 valence electrons. The van der Waals surface area contributed by atoms with Crippen LogP contribution in [0, 0.1) is 11.3 Å². The highest BCUT2D eigenvalue weighted by molar-refractivity contribution is 7.81. The zero-order valence-electron chi connectivity index (χ0n) is 13.9. The zero-order valence-corrected chi connectivity index (χ0v) is 14.7. The van der Waals surface area contributed by atoms with Crippen LogP contribution >= 0.6 is 12.2 Å². The zero-order chi connectivity index (χ0) is 22.3. The fourth-order valence-corrected chi connectivity index (χ4v) is 2.72. The lowest BCUT2D eigenvalue weighted by molar-refractivity contribution is -0.338. The molecule has 3 nitrogen and oxygen atoms in total. The largest absolute Gasteiger partial charge is 0.464 e. The Kier molecular flexibility index (Phi) is 5.82. The van der Waals surface area contributed by atoms with Gasteiger partial charge >= 0.3 is 24.1 Å². The first-order valence-corrected chi connectivity index (χ1v) is 7.97. The van der Waals surface area contributed by atoms with Gasteiger partial charge in [0.1, 0.15) is 10.7 Å². The second kappa shape index (κ2) is 7.40. The smallest absolute Gasteiger partial charge is 0.441 e. The quantitative estimate of drug-likeness (QED) is 0.394. The molecule has 0 saturated heterocycles. The van der Waals surface area contributed by atoms with E-state index in [0.29, 0.717) is 18.2 Å². The van der Waals surface area contributed by atoms with Crippen LogP contribution in [0.4, 0.5) is 39.5 Å². The van der Waals surface area contributed by atoms with E-state index in [4.69, 9.17) is 17.5 Å². The minimum Gasteiger partial charge on any atom is -0.464 e. The van der Waals surface area contributed by atoms with E-state index in [2.05, 4.69) is 10.1 Å². The van der Waals surface area contributed by atoms with Crippen LogP contribution in [-0.2, 0) is 6.18 Å². The van der Waals surface area contributed by atoms with E-state index in [-0.39, 0.29) is 13.0 Å². The summed E-state index contributed by atoms with van der Waals surface area (Å²) in [5.74, 6) is -1.07. The SMILES string of the molecule is N#CCCNC(=S)C1=CC(C(F)(F)F)(C(F)(F)F)Oc2ccc(C(F)(F)F)cc21. The van der Waals surface area contributed by atoms with Gasteiger partial charge in [0.25, 0.3) is 0 Å². The van der Waals surface area contributed by atoms with Crippen LogP contribution in [0.25, 0.3) is 5.57 Å². The molecule has 0 aromatic heterocycles. The molecule has 0 radical (unpaired) electrons. The standard InChI is InChI=1S/C16H9F9N2OS/c17-14(18,19)8-2-3-11-9(6-8)10(12(29)27-5-1-4-26)7-13(28-11,15(20,21)22)16(23,24)25/h2-3,6-7H,1,5H2,(H,27,29). The van der Waals surface area contributed by atoms with E-state index < -0.39 is 57.6 Å². The molecule has 0 amide bonds. The highest BCUT2D eigenvalue weighted by Crippen LogP contribution is 2.52. The number of thiocarbonyl (C=S) groups is 1. The van der Waals surface area contributed by atoms with Crippen molar-refractivity contribution < 1.29 is 44.3 Å². The van der Waals surface area contributed by atoms with Crippen molar-refractivity contribution >= 4 is 22.8 Å². The van der Waals surface area contributed by atoms with Gasteiger partial charge in [-0.25, -0.2) is 0 Å². The third kappa shape index (κ3) is 4.26. The number of nitrogens with one attached hydrogen (secondary N) is 1. The molecule has 0 saturated carbocycles. The predicted octanol–water partition coefficient (Wildman–Crippen LogP) is 5.18. The molecule has 13 heteroatoms. The maximum absolute atomic E-state index is 13.4. The maximum Gasteiger partial charge on any atom is 0.441 e. The van der Waals surface area contributed by atoms with Crippen molar-refractivity contribution in [3.8, 4) is 11.8 Å². The van der Waals surface area contributed by atoms with Gasteiger partial charge in [0.2, 0.25) is 0 Å². The van der Waals surface area contributed by atoms with Crippen LogP contribution in [-0.4, -0.2) is 29.5 Å². The average Bonchev–Trinajstić information content (AvgIpc) is 2.57. The van der Waals surface area contributed by atoms with E-state index in [1.807, 2.05) is 0 Å². The Bertz CT molecular complexity index is 864. The first kappa shape index (κ1) is 22.8. The van der Waals surface area contributed by atoms with Gasteiger partial charge in [-0.3, -0.25) is 0 Å². The summed E-state index contributed by atoms with van der Waals surface area (Å²) >= 11 is 4.79. The fraction of sp³-hybridized carbons (Fsp3) is 0.375. The van der Waals surface area contributed by atoms with Gasteiger partial charge in [0, 0.05) is 17.7 Å². The number of alkyl halides is 9. The molecule has 1 aliphatic heterocycles. The highest BCUT2D eigenvalue weighted by atomic mass is 32.1. The van der Waals surface area contributed by atoms with Gasteiger partial charge in [-0.05, 0) is 24.3 Å². The summed E-state index contributed by atoms with van der Waals surface area (Å²) in [6, 6.07) is 2.67. The Morgan fingerprint density at radius 3 is 2.14 bits per heavy atom. The first-order valence-electron chi connectivity index (χ1n) is 7.56. The van der Waals surface area contributed by atoms with Crippen molar-refractivity contribution in [1.82, 2.24) is 5.32 Å². The molecule has 1 N–H and O–H groups in total. The van der Waals surface area contributed by atoms with E-state index >= 15 is 0 Å². The molecule has 1 aliphatic rings. The fourth-order valence-electron chi connectivity index (χ4n) is 2.44. The van der Waals surface area contributed by atoms with Gasteiger partial charge in [-0.1, -0.05) is 12.2 Å². The topological polar surface area (TPSA) is 45.0 Å². The molecular formula is C16H9F9N2OS. The summed E-state index contributed by atoms with van der Waals surface area (Å²) in [5, 5.41) is 10.7. The van der Waals surface area contributed by atoms with E-state index in [1.54, 1.807) is 6.07 Å². The van der Waals surface area contributed by atoms with Crippen LogP contribution in [0.5, 0.6) is 5.75 Å². The van der Waals surface area contributed by atoms with Crippen LogP contribution in [0.3, 0.4) is 0 Å². The van der Waals surface area contributed by atoms with Gasteiger partial charge in [0.15, 0.2) is 0 Å². The minimum absolute atomic E-state index is 0.205. The predicted molar refractivity (Wildman–Crippen MR) is 85.7 cm³/mol. The molecule has 29 heavy (non-hydrogen) atoms. The monoisotopic (exact) mass is 448 g/mol. The van der Waals surface area contributed by atoms with Crippen LogP contribution in [0.2, 0.25) is 0 Å². The Hall–Kier alpha value is -2.49. The number of rotatable bonds is 3. The number of ether oxygens (including phenoxy) is 1. The molecular weight excluding hydrogens is 439 g/mol. The number of nitrogens with zero attached hydrogens (tertiary/aromatic N) is 1. The Morgan fingerprint density at radius 2 is 1.66 bits per heavy atom. The van der Waals surface area contributed by atoms with Gasteiger partial charge in [-0.15, -0.1) is 0 Å². The molecule has 1 aromatic carbocycles. The van der Waals surface area contributed by atoms with E-state index in [0.717, 1.165) is 0 Å². The summed E-state index contributed by atoms with van der Waals surface area (Å²) in [4.78, 5) is -0.693. The van der Waals surface area contributed by atoms with Crippen LogP contribution < -0.4 is 10.1 Å². The van der Waals surface area contributed by atoms with Crippen molar-refractivity contribution in [2.45, 2.75) is 30.6 Å². The lowest BCUT2D eigenvalue weighted by atomic mass is 9.90. The molecule has 0 unspecified atom stereocenters. The molecule has 0 bridgehead atoms. The Balaban J connectivity index is 2.72. The number of nitriles is 1. The average molecular weight is 448 g/mol. The van der Waals surface area contributed by atoms with Gasteiger partial charge < -0.3 is 10.1 Å². The van der Waals surface area contributed by atoms with Crippen molar-refractivity contribution in [1.29, 1.82) is 5.26 Å². The first-order chi connectivity index (χ1) is 13.1. The molecule has 1 heterocycles. The second-order valence-corrected chi connectivity index (χ2v) is 6.17. The summed E-state index contributed by atoms with van der Waals surface area (Å²) < 4.78 is 124. The van der Waals surface area contributed by atoms with Crippen molar-refractivity contribution in [2.24, 2.45) is 0 Å². The maximum atomic E-state index is 13.4. The van der Waals surface area contributed by atoms with Crippen molar-refractivity contribution in [3.63, 3.8) is 0 Å². The number of hydrogen-bond donors (Lipinski definition) is 1. The van der Waals surface area contributed by atoms with E-state index in [1.165, 1.54) is 0 Å². The highest BCUT2D eigenvalue weighted by Gasteiger charge is 2.73. The van der Waals surface area contributed by atoms with Crippen LogP contribution in [0.1, 0.15) is 17.5 Å². The lowest BCUT2D eigenvalue weighted by Crippen LogP contribution is -2.61. The Labute approximate surface area is 162 Å². The lowest BCUT2D eigenvalue weighted by Gasteiger charge is -2.39. The van der Waals surface area contributed by atoms with Gasteiger partial charge in [-0.2, -0.15) is 44.8 Å². The molecule has 1 aromatic rings. The summed E-state index contributed by atoms with van der Waals surface area (Å²) in [6.45, 7) is -0.243. The summed E-state index contributed by atoms with van der Waals surface area (Å²) in [5.41, 5.74) is -7.78. The second-order valence-electron chi connectivity index (χ2n) is 5.76. The minimum atomic E-state index is -6.00. The third-order valence-corrected chi connectivity index (χ3v) is 4.19. The number of fused-ring (bicyclic) bond motifs is 1. The summed E-state index contributed by atoms with van der Waals surface area (Å²) in [6.07, 6.45) is -17.5. The van der Waals surface area contributed by atoms with Crippen molar-refractivity contribution in [2.75, 3.05) is 6.54 Å². The normalized spacial score (nSPS) is 16.2. The molecule has 0 atom stereocenters. The van der Waals surface area contributed by atoms with Crippen molar-refractivity contribution in [3.05, 3.63) is 35.4 Å². The van der Waals surface area contributed by atoms with Gasteiger partial charge in [0.05, 0.1) is 18.1 Å². The molecule has 2 rings (SSSR count). The van der Waals surface area contributed by atoms with E-state index in [9.17, 15) is 39.5 Å². The number of halogens is 9. The van der Waals surface area contributed by atoms with Crippen LogP contribution in [0.15, 0.2) is 24.3 Å². The number of hydrogen-bond acceptors (Lipinski definition) is 3. The molecule has 0 fully saturated rings. The molecule has 0 aliphatic carbocycles. The Morgan fingerprint density at radius 1 is 1.07 bits per heavy atom. The summed E-state index contributed by atoms with van der Waals surface area (Å²) in [7, 11) is 0. The third-order valence-electron chi connectivity index (χ3n) is 3.82. The molecule has 0 spiro atoms.